The number of carbonyl (C=O) groups excluding carboxylic acids is 2. The van der Waals surface area contributed by atoms with Gasteiger partial charge in [-0.15, -0.1) is 0 Å². The minimum Gasteiger partial charge on any atom is -0.504 e. The van der Waals surface area contributed by atoms with Crippen molar-refractivity contribution < 1.29 is 24.5 Å². The number of hydrogen-bond acceptors (Lipinski definition) is 5. The van der Waals surface area contributed by atoms with Gasteiger partial charge in [0.15, 0.2) is 11.5 Å². The third kappa shape index (κ3) is 3.61. The largest absolute Gasteiger partial charge is 0.504 e. The van der Waals surface area contributed by atoms with Gasteiger partial charge in [0.1, 0.15) is 6.61 Å². The first-order valence-electron chi connectivity index (χ1n) is 7.97. The molecule has 0 aliphatic carbocycles. The van der Waals surface area contributed by atoms with E-state index in [2.05, 4.69) is 10.6 Å². The molecule has 7 nitrogen and oxygen atoms in total. The Kier molecular flexibility index (Phi) is 4.79. The van der Waals surface area contributed by atoms with Crippen LogP contribution < -0.4 is 10.6 Å². The summed E-state index contributed by atoms with van der Waals surface area (Å²) in [5.74, 6) is -1.22. The minimum absolute atomic E-state index is 0.0952. The summed E-state index contributed by atoms with van der Waals surface area (Å²) in [6, 6.07) is 12.1. The second-order valence-electron chi connectivity index (χ2n) is 5.88. The normalized spacial score (nSPS) is 16.7. The molecule has 1 atom stereocenters. The van der Waals surface area contributed by atoms with Crippen LogP contribution in [0, 0.1) is 0 Å². The molecule has 26 heavy (non-hydrogen) atoms. The number of hydrogen-bond donors (Lipinski definition) is 4. The first kappa shape index (κ1) is 17.3. The number of ether oxygens (including phenoxy) is 1. The van der Waals surface area contributed by atoms with E-state index in [1.807, 2.05) is 30.3 Å². The second-order valence-corrected chi connectivity index (χ2v) is 5.88. The van der Waals surface area contributed by atoms with Crippen molar-refractivity contribution in [3.8, 4) is 11.5 Å². The van der Waals surface area contributed by atoms with Crippen LogP contribution in [0.3, 0.4) is 0 Å². The van der Waals surface area contributed by atoms with Crippen LogP contribution in [-0.4, -0.2) is 22.2 Å². The maximum absolute atomic E-state index is 12.6. The third-order valence-electron chi connectivity index (χ3n) is 4.03. The number of rotatable bonds is 4. The molecule has 2 aromatic carbocycles. The summed E-state index contributed by atoms with van der Waals surface area (Å²) in [4.78, 5) is 24.5. The summed E-state index contributed by atoms with van der Waals surface area (Å²) in [7, 11) is 0. The molecule has 1 unspecified atom stereocenters. The van der Waals surface area contributed by atoms with Gasteiger partial charge in [0.2, 0.25) is 0 Å². The van der Waals surface area contributed by atoms with Crippen LogP contribution in [0.15, 0.2) is 59.8 Å². The van der Waals surface area contributed by atoms with Gasteiger partial charge >= 0.3 is 12.0 Å². The van der Waals surface area contributed by atoms with Crippen LogP contribution >= 0.6 is 0 Å². The Morgan fingerprint density at radius 2 is 1.85 bits per heavy atom. The van der Waals surface area contributed by atoms with Gasteiger partial charge in [-0.1, -0.05) is 36.4 Å². The van der Waals surface area contributed by atoms with E-state index < -0.39 is 18.0 Å². The molecule has 0 saturated heterocycles. The summed E-state index contributed by atoms with van der Waals surface area (Å²) in [5.41, 5.74) is 1.88. The number of phenols is 2. The van der Waals surface area contributed by atoms with Crippen LogP contribution in [0.2, 0.25) is 0 Å². The molecule has 7 heteroatoms. The maximum atomic E-state index is 12.6. The van der Waals surface area contributed by atoms with Gasteiger partial charge < -0.3 is 25.6 Å². The number of aromatic hydroxyl groups is 2. The summed E-state index contributed by atoms with van der Waals surface area (Å²) >= 11 is 0. The van der Waals surface area contributed by atoms with E-state index in [1.54, 1.807) is 6.92 Å². The van der Waals surface area contributed by atoms with Gasteiger partial charge in [0.05, 0.1) is 11.6 Å². The van der Waals surface area contributed by atoms with E-state index >= 15 is 0 Å². The highest BCUT2D eigenvalue weighted by Gasteiger charge is 2.32. The monoisotopic (exact) mass is 354 g/mol. The molecule has 1 aliphatic heterocycles. The molecule has 2 aromatic rings. The topological polar surface area (TPSA) is 108 Å². The van der Waals surface area contributed by atoms with Gasteiger partial charge in [-0.05, 0) is 30.2 Å². The van der Waals surface area contributed by atoms with Crippen LogP contribution in [0.5, 0.6) is 11.5 Å². The number of esters is 1. The quantitative estimate of drug-likeness (QED) is 0.498. The van der Waals surface area contributed by atoms with Gasteiger partial charge in [0.25, 0.3) is 0 Å². The van der Waals surface area contributed by atoms with E-state index in [0.717, 1.165) is 5.56 Å². The lowest BCUT2D eigenvalue weighted by Crippen LogP contribution is -2.45. The summed E-state index contributed by atoms with van der Waals surface area (Å²) in [6.45, 7) is 1.70. The molecule has 0 saturated carbocycles. The Bertz CT molecular complexity index is 877. The number of nitrogens with one attached hydrogen (secondary N) is 2. The fourth-order valence-electron chi connectivity index (χ4n) is 2.74. The molecule has 0 bridgehead atoms. The minimum atomic E-state index is -0.807. The molecule has 4 N–H and O–H groups in total. The predicted molar refractivity (Wildman–Crippen MR) is 93.1 cm³/mol. The first-order valence-corrected chi connectivity index (χ1v) is 7.97. The Hall–Kier alpha value is -3.48. The van der Waals surface area contributed by atoms with Crippen molar-refractivity contribution in [1.82, 2.24) is 10.6 Å². The van der Waals surface area contributed by atoms with Crippen LogP contribution in [-0.2, 0) is 16.1 Å². The van der Waals surface area contributed by atoms with Crippen LogP contribution in [0.25, 0.3) is 0 Å². The second kappa shape index (κ2) is 7.18. The number of phenolic OH excluding ortho intramolecular Hbond substituents is 2. The van der Waals surface area contributed by atoms with Crippen molar-refractivity contribution in [2.75, 3.05) is 0 Å². The third-order valence-corrected chi connectivity index (χ3v) is 4.03. The van der Waals surface area contributed by atoms with Gasteiger partial charge in [-0.3, -0.25) is 0 Å². The number of amides is 2. The number of carbonyl (C=O) groups is 2. The van der Waals surface area contributed by atoms with Crippen molar-refractivity contribution in [1.29, 1.82) is 0 Å². The lowest BCUT2D eigenvalue weighted by Gasteiger charge is -2.28. The summed E-state index contributed by atoms with van der Waals surface area (Å²) < 4.78 is 5.38. The average molecular weight is 354 g/mol. The fraction of sp³-hybridized carbons (Fsp3) is 0.158. The van der Waals surface area contributed by atoms with E-state index in [9.17, 15) is 19.8 Å². The van der Waals surface area contributed by atoms with E-state index in [4.69, 9.17) is 4.74 Å². The zero-order valence-corrected chi connectivity index (χ0v) is 14.0. The van der Waals surface area contributed by atoms with Gasteiger partial charge in [0, 0.05) is 5.70 Å². The standard InChI is InChI=1S/C19H18N2O5/c1-11-16(18(24)26-10-12-5-3-2-4-6-12)17(21-19(25)20-11)13-7-8-14(22)15(23)9-13/h2-9,17,22-23H,10H2,1H3,(H2,20,21,25). The molecule has 1 aliphatic rings. The fourth-order valence-corrected chi connectivity index (χ4v) is 2.74. The smallest absolute Gasteiger partial charge is 0.338 e. The molecule has 0 spiro atoms. The molecular weight excluding hydrogens is 336 g/mol. The maximum Gasteiger partial charge on any atom is 0.338 e. The number of benzene rings is 2. The van der Waals surface area contributed by atoms with Gasteiger partial charge in [-0.25, -0.2) is 9.59 Å². The number of urea groups is 1. The highest BCUT2D eigenvalue weighted by Crippen LogP contribution is 2.33. The molecule has 0 aromatic heterocycles. The van der Waals surface area contributed by atoms with Gasteiger partial charge in [-0.2, -0.15) is 0 Å². The summed E-state index contributed by atoms with van der Waals surface area (Å²) in [6.07, 6.45) is 0. The molecule has 2 amide bonds. The number of allylic oxidation sites excluding steroid dienone is 1. The zero-order valence-electron chi connectivity index (χ0n) is 14.0. The van der Waals surface area contributed by atoms with Crippen molar-refractivity contribution in [2.24, 2.45) is 0 Å². The summed E-state index contributed by atoms with van der Waals surface area (Å²) in [5, 5.41) is 24.4. The van der Waals surface area contributed by atoms with Crippen molar-refractivity contribution >= 4 is 12.0 Å². The van der Waals surface area contributed by atoms with Crippen molar-refractivity contribution in [3.63, 3.8) is 0 Å². The van der Waals surface area contributed by atoms with E-state index in [0.29, 0.717) is 11.3 Å². The van der Waals surface area contributed by atoms with Crippen molar-refractivity contribution in [3.05, 3.63) is 70.9 Å². The van der Waals surface area contributed by atoms with E-state index in [-0.39, 0.29) is 23.7 Å². The molecule has 0 radical (unpaired) electrons. The lowest BCUT2D eigenvalue weighted by atomic mass is 9.95. The molecular formula is C19H18N2O5. The van der Waals surface area contributed by atoms with Crippen LogP contribution in [0.1, 0.15) is 24.1 Å². The molecule has 0 fully saturated rings. The lowest BCUT2D eigenvalue weighted by molar-refractivity contribution is -0.140. The highest BCUT2D eigenvalue weighted by molar-refractivity contribution is 5.95. The Morgan fingerprint density at radius 1 is 1.12 bits per heavy atom. The molecule has 1 heterocycles. The SMILES string of the molecule is CC1=C(C(=O)OCc2ccccc2)C(c2ccc(O)c(O)c2)NC(=O)N1. The van der Waals surface area contributed by atoms with Crippen LogP contribution in [0.4, 0.5) is 4.79 Å². The first-order chi connectivity index (χ1) is 12.5. The highest BCUT2D eigenvalue weighted by atomic mass is 16.5. The molecule has 134 valence electrons. The predicted octanol–water partition coefficient (Wildman–Crippen LogP) is 2.47. The molecule has 3 rings (SSSR count). The average Bonchev–Trinajstić information content (AvgIpc) is 2.62. The Balaban J connectivity index is 1.87. The van der Waals surface area contributed by atoms with E-state index in [1.165, 1.54) is 18.2 Å². The van der Waals surface area contributed by atoms with Crippen molar-refractivity contribution in [2.45, 2.75) is 19.6 Å². The Morgan fingerprint density at radius 3 is 2.54 bits per heavy atom. The Labute approximate surface area is 149 Å². The zero-order chi connectivity index (χ0) is 18.7.